The number of nitrogens with one attached hydrogen (secondary N) is 1. The maximum atomic E-state index is 13.0. The van der Waals surface area contributed by atoms with Crippen LogP contribution in [0.5, 0.6) is 0 Å². The highest BCUT2D eigenvalue weighted by Gasteiger charge is 2.39. The topological polar surface area (TPSA) is 110 Å². The molecule has 206 valence electrons. The van der Waals surface area contributed by atoms with Crippen molar-refractivity contribution in [3.8, 4) is 0 Å². The van der Waals surface area contributed by atoms with Gasteiger partial charge in [0.25, 0.3) is 0 Å². The van der Waals surface area contributed by atoms with Crippen LogP contribution in [0.2, 0.25) is 0 Å². The van der Waals surface area contributed by atoms with Gasteiger partial charge in [-0.1, -0.05) is 42.5 Å². The van der Waals surface area contributed by atoms with Crippen molar-refractivity contribution in [2.75, 3.05) is 41.8 Å². The van der Waals surface area contributed by atoms with E-state index in [-0.39, 0.29) is 36.7 Å². The number of carbonyl (C=O) groups excluding carboxylic acids is 3. The predicted octanol–water partition coefficient (Wildman–Crippen LogP) is 4.13. The summed E-state index contributed by atoms with van der Waals surface area (Å²) in [6.07, 6.45) is 1.02. The molecule has 0 spiro atoms. The second-order valence-electron chi connectivity index (χ2n) is 10.4. The van der Waals surface area contributed by atoms with E-state index in [1.54, 1.807) is 46.0 Å². The molecule has 9 heteroatoms. The number of urea groups is 1. The number of carboxylic acid groups (broad SMARTS) is 1. The fourth-order valence-corrected chi connectivity index (χ4v) is 5.48. The van der Waals surface area contributed by atoms with Gasteiger partial charge in [-0.05, 0) is 53.4 Å². The summed E-state index contributed by atoms with van der Waals surface area (Å²) in [5.74, 6) is -2.12. The largest absolute Gasteiger partial charge is 0.481 e. The van der Waals surface area contributed by atoms with Gasteiger partial charge < -0.3 is 20.2 Å². The lowest BCUT2D eigenvalue weighted by Gasteiger charge is -2.20. The highest BCUT2D eigenvalue weighted by molar-refractivity contribution is 6.03. The van der Waals surface area contributed by atoms with Crippen molar-refractivity contribution in [3.05, 3.63) is 89.5 Å². The van der Waals surface area contributed by atoms with E-state index in [1.165, 1.54) is 6.92 Å². The maximum absolute atomic E-state index is 13.0. The lowest BCUT2D eigenvalue weighted by atomic mass is 9.89. The standard InChI is InChI=1S/C31H32N4O5/c1-20(36)34-18-26(27(19-34)30(38)39)22-9-13-25(14-10-22)33(2)29(37)17-21-7-11-24(12-8-21)32-31(40)35-16-15-23-5-3-4-6-28(23)35/h3-14,26-27H,15-19H2,1-2H3,(H,32,40)(H,38,39). The maximum Gasteiger partial charge on any atom is 0.326 e. The van der Waals surface area contributed by atoms with Gasteiger partial charge in [-0.3, -0.25) is 19.3 Å². The first-order valence-corrected chi connectivity index (χ1v) is 13.3. The number of nitrogens with zero attached hydrogens (tertiary/aromatic N) is 3. The Kier molecular flexibility index (Phi) is 7.55. The molecule has 1 fully saturated rings. The molecule has 2 N–H and O–H groups in total. The normalized spacial score (nSPS) is 17.9. The van der Waals surface area contributed by atoms with Gasteiger partial charge in [0.05, 0.1) is 12.3 Å². The molecule has 0 aliphatic carbocycles. The Balaban J connectivity index is 1.18. The minimum absolute atomic E-state index is 0.106. The molecule has 4 amide bonds. The van der Waals surface area contributed by atoms with Crippen LogP contribution >= 0.6 is 0 Å². The van der Waals surface area contributed by atoms with Gasteiger partial charge in [-0.15, -0.1) is 0 Å². The number of anilines is 3. The lowest BCUT2D eigenvalue weighted by molar-refractivity contribution is -0.141. The zero-order valence-electron chi connectivity index (χ0n) is 22.5. The number of amides is 4. The summed E-state index contributed by atoms with van der Waals surface area (Å²) in [5, 5.41) is 12.6. The SMILES string of the molecule is CC(=O)N1CC(C(=O)O)C(c2ccc(N(C)C(=O)Cc3ccc(NC(=O)N4CCc5ccccc54)cc3)cc2)C1. The van der Waals surface area contributed by atoms with Crippen LogP contribution in [0, 0.1) is 5.92 Å². The third-order valence-corrected chi connectivity index (χ3v) is 7.86. The summed E-state index contributed by atoms with van der Waals surface area (Å²) in [5.41, 5.74) is 5.09. The molecule has 2 atom stereocenters. The lowest BCUT2D eigenvalue weighted by Crippen LogP contribution is -2.33. The van der Waals surface area contributed by atoms with Crippen LogP contribution in [-0.2, 0) is 27.2 Å². The van der Waals surface area contributed by atoms with Crippen molar-refractivity contribution >= 4 is 40.9 Å². The fraction of sp³-hybridized carbons (Fsp3) is 0.290. The summed E-state index contributed by atoms with van der Waals surface area (Å²) < 4.78 is 0. The zero-order valence-corrected chi connectivity index (χ0v) is 22.5. The fourth-order valence-electron chi connectivity index (χ4n) is 5.48. The number of benzene rings is 3. The Morgan fingerprint density at radius 1 is 0.950 bits per heavy atom. The molecule has 40 heavy (non-hydrogen) atoms. The summed E-state index contributed by atoms with van der Waals surface area (Å²) in [7, 11) is 1.70. The molecule has 0 saturated carbocycles. The minimum atomic E-state index is -0.919. The molecule has 3 aromatic carbocycles. The van der Waals surface area contributed by atoms with Gasteiger partial charge in [-0.25, -0.2) is 4.79 Å². The van der Waals surface area contributed by atoms with Gasteiger partial charge in [-0.2, -0.15) is 0 Å². The molecular weight excluding hydrogens is 508 g/mol. The quantitative estimate of drug-likeness (QED) is 0.489. The van der Waals surface area contributed by atoms with Gasteiger partial charge >= 0.3 is 12.0 Å². The van der Waals surface area contributed by atoms with Crippen molar-refractivity contribution in [3.63, 3.8) is 0 Å². The molecule has 0 bridgehead atoms. The van der Waals surface area contributed by atoms with Crippen molar-refractivity contribution in [2.24, 2.45) is 5.92 Å². The predicted molar refractivity (Wildman–Crippen MR) is 153 cm³/mol. The van der Waals surface area contributed by atoms with Gasteiger partial charge in [0, 0.05) is 56.6 Å². The van der Waals surface area contributed by atoms with Crippen LogP contribution in [0.1, 0.15) is 29.5 Å². The van der Waals surface area contributed by atoms with E-state index in [0.29, 0.717) is 24.5 Å². The van der Waals surface area contributed by atoms with E-state index in [9.17, 15) is 24.3 Å². The van der Waals surface area contributed by atoms with E-state index in [0.717, 1.165) is 28.8 Å². The average Bonchev–Trinajstić information content (AvgIpc) is 3.59. The van der Waals surface area contributed by atoms with Gasteiger partial charge in [0.1, 0.15) is 0 Å². The third kappa shape index (κ3) is 5.54. The minimum Gasteiger partial charge on any atom is -0.481 e. The van der Waals surface area contributed by atoms with Crippen LogP contribution in [0.15, 0.2) is 72.8 Å². The summed E-state index contributed by atoms with van der Waals surface area (Å²) in [6.45, 7) is 2.65. The van der Waals surface area contributed by atoms with Crippen LogP contribution in [0.25, 0.3) is 0 Å². The Morgan fingerprint density at radius 2 is 1.65 bits per heavy atom. The van der Waals surface area contributed by atoms with E-state index < -0.39 is 11.9 Å². The van der Waals surface area contributed by atoms with Crippen LogP contribution in [0.3, 0.4) is 0 Å². The Bertz CT molecular complexity index is 1440. The molecular formula is C31H32N4O5. The number of likely N-dealkylation sites (N-methyl/N-ethyl adjacent to an activating group) is 1. The number of likely N-dealkylation sites (tertiary alicyclic amines) is 1. The molecule has 2 unspecified atom stereocenters. The first-order valence-electron chi connectivity index (χ1n) is 13.3. The zero-order chi connectivity index (χ0) is 28.4. The molecule has 2 heterocycles. The summed E-state index contributed by atoms with van der Waals surface area (Å²) in [6, 6.07) is 22.2. The van der Waals surface area contributed by atoms with Gasteiger partial charge in [0.15, 0.2) is 0 Å². The summed E-state index contributed by atoms with van der Waals surface area (Å²) >= 11 is 0. The van der Waals surface area contributed by atoms with E-state index in [2.05, 4.69) is 5.32 Å². The van der Waals surface area contributed by atoms with E-state index in [4.69, 9.17) is 0 Å². The number of fused-ring (bicyclic) bond motifs is 1. The first-order chi connectivity index (χ1) is 19.2. The molecule has 0 radical (unpaired) electrons. The van der Waals surface area contributed by atoms with Crippen LogP contribution < -0.4 is 15.1 Å². The number of para-hydroxylation sites is 1. The molecule has 0 aromatic heterocycles. The second-order valence-corrected chi connectivity index (χ2v) is 10.4. The second kappa shape index (κ2) is 11.2. The van der Waals surface area contributed by atoms with Gasteiger partial charge in [0.2, 0.25) is 11.8 Å². The monoisotopic (exact) mass is 540 g/mol. The molecule has 2 aliphatic rings. The molecule has 5 rings (SSSR count). The highest BCUT2D eigenvalue weighted by atomic mass is 16.4. The highest BCUT2D eigenvalue weighted by Crippen LogP contribution is 2.34. The molecule has 2 aliphatic heterocycles. The molecule has 1 saturated heterocycles. The van der Waals surface area contributed by atoms with Crippen molar-refractivity contribution < 1.29 is 24.3 Å². The number of aliphatic carboxylic acids is 1. The first kappa shape index (κ1) is 26.9. The molecule has 9 nitrogen and oxygen atoms in total. The Morgan fingerprint density at radius 3 is 2.33 bits per heavy atom. The van der Waals surface area contributed by atoms with Crippen molar-refractivity contribution in [1.82, 2.24) is 4.90 Å². The average molecular weight is 541 g/mol. The van der Waals surface area contributed by atoms with Crippen molar-refractivity contribution in [1.29, 1.82) is 0 Å². The summed E-state index contributed by atoms with van der Waals surface area (Å²) in [4.78, 5) is 54.2. The van der Waals surface area contributed by atoms with Crippen molar-refractivity contribution in [2.45, 2.75) is 25.7 Å². The molecule has 3 aromatic rings. The smallest absolute Gasteiger partial charge is 0.326 e. The van der Waals surface area contributed by atoms with Crippen LogP contribution in [-0.4, -0.2) is 60.5 Å². The number of carbonyl (C=O) groups is 4. The number of hydrogen-bond donors (Lipinski definition) is 2. The van der Waals surface area contributed by atoms with E-state index in [1.807, 2.05) is 48.5 Å². The van der Waals surface area contributed by atoms with Crippen LogP contribution in [0.4, 0.5) is 21.9 Å². The van der Waals surface area contributed by atoms with E-state index >= 15 is 0 Å². The Hall–Kier alpha value is -4.66. The third-order valence-electron chi connectivity index (χ3n) is 7.86. The number of hydrogen-bond acceptors (Lipinski definition) is 4. The number of rotatable bonds is 6. The number of carboxylic acids is 1. The Labute approximate surface area is 233 Å².